The molecule has 3 aromatic rings. The van der Waals surface area contributed by atoms with Gasteiger partial charge in [0.05, 0.1) is 12.5 Å². The quantitative estimate of drug-likeness (QED) is 0.653. The van der Waals surface area contributed by atoms with Crippen LogP contribution >= 0.6 is 0 Å². The lowest BCUT2D eigenvalue weighted by atomic mass is 10.1. The van der Waals surface area contributed by atoms with Gasteiger partial charge in [0.2, 0.25) is 16.0 Å². The Morgan fingerprint density at radius 3 is 2.66 bits per heavy atom. The Morgan fingerprint density at radius 1 is 1.14 bits per heavy atom. The molecule has 0 bridgehead atoms. The third-order valence-corrected chi connectivity index (χ3v) is 5.57. The zero-order chi connectivity index (χ0) is 20.4. The van der Waals surface area contributed by atoms with Gasteiger partial charge in [-0.1, -0.05) is 12.1 Å². The average molecular weight is 414 g/mol. The van der Waals surface area contributed by atoms with Crippen molar-refractivity contribution in [3.63, 3.8) is 0 Å². The van der Waals surface area contributed by atoms with E-state index >= 15 is 0 Å². The fraction of sp³-hybridized carbons (Fsp3) is 0.368. The van der Waals surface area contributed by atoms with Crippen molar-refractivity contribution in [1.82, 2.24) is 24.7 Å². The SMILES string of the molecule is Cc1cccc(Nc2ncnc3cnc(N4CCC(NS(C)(=O)=O)CC4)nc23)c1. The molecule has 1 aliphatic heterocycles. The third kappa shape index (κ3) is 4.77. The molecule has 1 aliphatic rings. The predicted octanol–water partition coefficient (Wildman–Crippen LogP) is 1.99. The van der Waals surface area contributed by atoms with Gasteiger partial charge in [-0.3, -0.25) is 0 Å². The summed E-state index contributed by atoms with van der Waals surface area (Å²) in [6, 6.07) is 7.98. The maximum atomic E-state index is 11.4. The molecule has 29 heavy (non-hydrogen) atoms. The number of hydrogen-bond acceptors (Lipinski definition) is 8. The lowest BCUT2D eigenvalue weighted by Gasteiger charge is -2.32. The first-order valence-electron chi connectivity index (χ1n) is 9.41. The molecule has 0 spiro atoms. The Kier molecular flexibility index (Phi) is 5.29. The highest BCUT2D eigenvalue weighted by Gasteiger charge is 2.23. The zero-order valence-corrected chi connectivity index (χ0v) is 17.1. The van der Waals surface area contributed by atoms with Crippen molar-refractivity contribution in [2.45, 2.75) is 25.8 Å². The van der Waals surface area contributed by atoms with Gasteiger partial charge in [0.25, 0.3) is 0 Å². The minimum absolute atomic E-state index is 0.0522. The van der Waals surface area contributed by atoms with Crippen LogP contribution in [0, 0.1) is 6.92 Å². The standard InChI is InChI=1S/C19H23N7O2S/c1-13-4-3-5-15(10-13)23-18-17-16(21-12-22-18)11-20-19(24-17)26-8-6-14(7-9-26)25-29(2,27)28/h3-5,10-12,14,25H,6-9H2,1-2H3,(H,21,22,23). The molecule has 3 heterocycles. The van der Waals surface area contributed by atoms with Gasteiger partial charge >= 0.3 is 0 Å². The molecule has 1 saturated heterocycles. The van der Waals surface area contributed by atoms with Crippen molar-refractivity contribution < 1.29 is 8.42 Å². The third-order valence-electron chi connectivity index (χ3n) is 4.80. The van der Waals surface area contributed by atoms with Crippen LogP contribution < -0.4 is 14.9 Å². The van der Waals surface area contributed by atoms with E-state index in [1.54, 1.807) is 6.20 Å². The van der Waals surface area contributed by atoms with Gasteiger partial charge in [0.1, 0.15) is 17.4 Å². The van der Waals surface area contributed by atoms with Gasteiger partial charge in [0, 0.05) is 24.8 Å². The van der Waals surface area contributed by atoms with Crippen LogP contribution in [0.3, 0.4) is 0 Å². The Bertz CT molecular complexity index is 1130. The number of fused-ring (bicyclic) bond motifs is 1. The van der Waals surface area contributed by atoms with Gasteiger partial charge in [0.15, 0.2) is 5.82 Å². The maximum absolute atomic E-state index is 11.4. The fourth-order valence-electron chi connectivity index (χ4n) is 3.45. The molecule has 0 atom stereocenters. The van der Waals surface area contributed by atoms with Crippen molar-refractivity contribution >= 4 is 38.5 Å². The highest BCUT2D eigenvalue weighted by Crippen LogP contribution is 2.24. The predicted molar refractivity (Wildman–Crippen MR) is 113 cm³/mol. The minimum Gasteiger partial charge on any atom is -0.341 e. The maximum Gasteiger partial charge on any atom is 0.226 e. The van der Waals surface area contributed by atoms with Crippen molar-refractivity contribution in [1.29, 1.82) is 0 Å². The summed E-state index contributed by atoms with van der Waals surface area (Å²) in [5, 5.41) is 3.31. The molecular formula is C19H23N7O2S. The summed E-state index contributed by atoms with van der Waals surface area (Å²) < 4.78 is 25.5. The first-order valence-corrected chi connectivity index (χ1v) is 11.3. The summed E-state index contributed by atoms with van der Waals surface area (Å²) in [4.78, 5) is 19.8. The Balaban J connectivity index is 1.56. The Hall–Kier alpha value is -2.85. The van der Waals surface area contributed by atoms with Gasteiger partial charge < -0.3 is 10.2 Å². The topological polar surface area (TPSA) is 113 Å². The smallest absolute Gasteiger partial charge is 0.226 e. The van der Waals surface area contributed by atoms with Crippen LogP contribution in [0.15, 0.2) is 36.8 Å². The number of anilines is 3. The molecule has 2 N–H and O–H groups in total. The van der Waals surface area contributed by atoms with E-state index in [9.17, 15) is 8.42 Å². The van der Waals surface area contributed by atoms with Crippen LogP contribution in [0.1, 0.15) is 18.4 Å². The zero-order valence-electron chi connectivity index (χ0n) is 16.3. The lowest BCUT2D eigenvalue weighted by Crippen LogP contribution is -2.44. The van der Waals surface area contributed by atoms with Gasteiger partial charge in [-0.2, -0.15) is 0 Å². The first kappa shape index (κ1) is 19.5. The van der Waals surface area contributed by atoms with Crippen LogP contribution in [0.2, 0.25) is 0 Å². The van der Waals surface area contributed by atoms with Gasteiger partial charge in [-0.05, 0) is 37.5 Å². The molecule has 0 amide bonds. The summed E-state index contributed by atoms with van der Waals surface area (Å²) >= 11 is 0. The van der Waals surface area contributed by atoms with E-state index in [1.807, 2.05) is 31.2 Å². The van der Waals surface area contributed by atoms with Gasteiger partial charge in [-0.25, -0.2) is 33.1 Å². The average Bonchev–Trinajstić information content (AvgIpc) is 2.67. The number of aromatic nitrogens is 4. The molecule has 0 saturated carbocycles. The largest absolute Gasteiger partial charge is 0.341 e. The molecule has 2 aromatic heterocycles. The van der Waals surface area contributed by atoms with Crippen LogP contribution in [0.5, 0.6) is 0 Å². The summed E-state index contributed by atoms with van der Waals surface area (Å²) in [6.07, 6.45) is 5.78. The van der Waals surface area contributed by atoms with Crippen LogP contribution in [0.4, 0.5) is 17.5 Å². The highest BCUT2D eigenvalue weighted by molar-refractivity contribution is 7.88. The number of aryl methyl sites for hydroxylation is 1. The number of sulfonamides is 1. The van der Waals surface area contributed by atoms with E-state index < -0.39 is 10.0 Å². The summed E-state index contributed by atoms with van der Waals surface area (Å²) in [7, 11) is -3.20. The van der Waals surface area contributed by atoms with E-state index in [2.05, 4.69) is 29.9 Å². The lowest BCUT2D eigenvalue weighted by molar-refractivity contribution is 0.458. The first-order chi connectivity index (χ1) is 13.9. The molecule has 9 nitrogen and oxygen atoms in total. The number of rotatable bonds is 5. The molecular weight excluding hydrogens is 390 g/mol. The summed E-state index contributed by atoms with van der Waals surface area (Å²) in [6.45, 7) is 3.38. The van der Waals surface area contributed by atoms with Gasteiger partial charge in [-0.15, -0.1) is 0 Å². The summed E-state index contributed by atoms with van der Waals surface area (Å²) in [5.41, 5.74) is 3.38. The Morgan fingerprint density at radius 2 is 1.93 bits per heavy atom. The molecule has 0 unspecified atom stereocenters. The van der Waals surface area contributed by atoms with Crippen LogP contribution in [-0.4, -0.2) is 53.7 Å². The molecule has 1 fully saturated rings. The van der Waals surface area contributed by atoms with E-state index in [0.717, 1.165) is 11.3 Å². The number of piperidine rings is 1. The van der Waals surface area contributed by atoms with E-state index in [0.29, 0.717) is 48.7 Å². The fourth-order valence-corrected chi connectivity index (χ4v) is 4.29. The molecule has 1 aromatic carbocycles. The van der Waals surface area contributed by atoms with E-state index in [1.165, 1.54) is 12.6 Å². The number of hydrogen-bond donors (Lipinski definition) is 2. The molecule has 4 rings (SSSR count). The number of nitrogens with zero attached hydrogens (tertiary/aromatic N) is 5. The molecule has 0 radical (unpaired) electrons. The number of nitrogens with one attached hydrogen (secondary N) is 2. The number of benzene rings is 1. The van der Waals surface area contributed by atoms with Crippen molar-refractivity contribution in [3.05, 3.63) is 42.4 Å². The minimum atomic E-state index is -3.20. The normalized spacial score (nSPS) is 15.6. The molecule has 0 aliphatic carbocycles. The van der Waals surface area contributed by atoms with Crippen molar-refractivity contribution in [2.24, 2.45) is 0 Å². The second-order valence-corrected chi connectivity index (χ2v) is 9.05. The van der Waals surface area contributed by atoms with E-state index in [4.69, 9.17) is 4.98 Å². The highest BCUT2D eigenvalue weighted by atomic mass is 32.2. The Labute approximate surface area is 169 Å². The van der Waals surface area contributed by atoms with Crippen molar-refractivity contribution in [2.75, 3.05) is 29.6 Å². The van der Waals surface area contributed by atoms with E-state index in [-0.39, 0.29) is 6.04 Å². The van der Waals surface area contributed by atoms with Crippen LogP contribution in [-0.2, 0) is 10.0 Å². The summed E-state index contributed by atoms with van der Waals surface area (Å²) in [5.74, 6) is 1.22. The molecule has 10 heteroatoms. The van der Waals surface area contributed by atoms with Crippen molar-refractivity contribution in [3.8, 4) is 0 Å². The van der Waals surface area contributed by atoms with Crippen LogP contribution in [0.25, 0.3) is 11.0 Å². The second-order valence-electron chi connectivity index (χ2n) is 7.27. The monoisotopic (exact) mass is 413 g/mol. The molecule has 152 valence electrons. The second kappa shape index (κ2) is 7.88.